The van der Waals surface area contributed by atoms with E-state index < -0.39 is 0 Å². The molecule has 7 heteroatoms. The maximum absolute atomic E-state index is 11.7. The maximum Gasteiger partial charge on any atom is 0.225 e. The van der Waals surface area contributed by atoms with Crippen LogP contribution in [-0.4, -0.2) is 29.9 Å². The van der Waals surface area contributed by atoms with E-state index in [9.17, 15) is 4.79 Å². The monoisotopic (exact) mass is 429 g/mol. The summed E-state index contributed by atoms with van der Waals surface area (Å²) >= 11 is 1.62. The highest BCUT2D eigenvalue weighted by molar-refractivity contribution is 8.14. The molecule has 0 aromatic carbocycles. The number of amidine groups is 1. The number of carbonyl (C=O) groups excluding carboxylic acids is 1. The highest BCUT2D eigenvalue weighted by Gasteiger charge is 2.09. The number of allylic oxidation sites excluding steroid dienone is 8. The van der Waals surface area contributed by atoms with Crippen LogP contribution in [0.4, 0.5) is 0 Å². The van der Waals surface area contributed by atoms with E-state index in [1.807, 2.05) is 0 Å². The first-order valence-electron chi connectivity index (χ1n) is 10.9. The Balaban J connectivity index is 1.89. The second-order valence-electron chi connectivity index (χ2n) is 6.87. The molecular weight excluding hydrogens is 394 g/mol. The van der Waals surface area contributed by atoms with Gasteiger partial charge >= 0.3 is 0 Å². The lowest BCUT2D eigenvalue weighted by atomic mass is 10.2. The zero-order valence-corrected chi connectivity index (χ0v) is 18.7. The molecule has 6 nitrogen and oxygen atoms in total. The summed E-state index contributed by atoms with van der Waals surface area (Å²) < 4.78 is 0. The zero-order chi connectivity index (χ0) is 21.5. The van der Waals surface area contributed by atoms with Crippen LogP contribution in [0, 0.1) is 0 Å². The first-order valence-corrected chi connectivity index (χ1v) is 11.9. The molecule has 1 rings (SSSR count). The van der Waals surface area contributed by atoms with Crippen molar-refractivity contribution in [3.05, 3.63) is 59.1 Å². The Morgan fingerprint density at radius 2 is 1.60 bits per heavy atom. The van der Waals surface area contributed by atoms with E-state index in [1.165, 1.54) is 0 Å². The standard InChI is InChI=1S/C23H35N5OS/c24-28-26-19-17-15-13-11-9-7-5-3-1-2-4-6-8-10-12-14-16-18-22(29)27-23-25-20-21-30-23/h1,3-4,6-7,9-10,12H,2,5,8,11,13-21H2,(H,25,27,29)/b3-1-,6-4-,9-7-,12-10-. The van der Waals surface area contributed by atoms with E-state index in [0.29, 0.717) is 13.0 Å². The van der Waals surface area contributed by atoms with Crippen molar-refractivity contribution < 1.29 is 4.79 Å². The molecule has 0 unspecified atom stereocenters. The highest BCUT2D eigenvalue weighted by Crippen LogP contribution is 2.09. The Labute approximate surface area is 185 Å². The van der Waals surface area contributed by atoms with Crippen LogP contribution in [0.2, 0.25) is 0 Å². The van der Waals surface area contributed by atoms with E-state index in [0.717, 1.165) is 75.3 Å². The SMILES string of the molecule is [N-]=[N+]=NCCCCC/C=C\C/C=C\C/C=C\C/C=C\CCCC(=O)NC1=NCCS1. The minimum absolute atomic E-state index is 0.0697. The Kier molecular flexibility index (Phi) is 17.2. The molecule has 30 heavy (non-hydrogen) atoms. The Morgan fingerprint density at radius 3 is 2.20 bits per heavy atom. The summed E-state index contributed by atoms with van der Waals surface area (Å²) in [5.74, 6) is 1.04. The van der Waals surface area contributed by atoms with Crippen molar-refractivity contribution in [2.24, 2.45) is 10.1 Å². The first-order chi connectivity index (χ1) is 14.8. The van der Waals surface area contributed by atoms with Crippen molar-refractivity contribution in [3.8, 4) is 0 Å². The Morgan fingerprint density at radius 1 is 0.967 bits per heavy atom. The van der Waals surface area contributed by atoms with Gasteiger partial charge in [0.25, 0.3) is 0 Å². The number of nitrogens with one attached hydrogen (secondary N) is 1. The van der Waals surface area contributed by atoms with Gasteiger partial charge in [-0.15, -0.1) is 0 Å². The van der Waals surface area contributed by atoms with Gasteiger partial charge in [-0.3, -0.25) is 9.79 Å². The minimum Gasteiger partial charge on any atom is -0.305 e. The van der Waals surface area contributed by atoms with Crippen molar-refractivity contribution in [1.82, 2.24) is 5.32 Å². The minimum atomic E-state index is 0.0697. The average Bonchev–Trinajstić information content (AvgIpc) is 3.25. The molecule has 0 saturated heterocycles. The van der Waals surface area contributed by atoms with Crippen LogP contribution in [0.15, 0.2) is 58.7 Å². The number of thioether (sulfide) groups is 1. The molecule has 1 aliphatic rings. The average molecular weight is 430 g/mol. The highest BCUT2D eigenvalue weighted by atomic mass is 32.2. The summed E-state index contributed by atoms with van der Waals surface area (Å²) in [7, 11) is 0. The van der Waals surface area contributed by atoms with Gasteiger partial charge in [0.2, 0.25) is 5.91 Å². The van der Waals surface area contributed by atoms with Gasteiger partial charge in [-0.25, -0.2) is 0 Å². The van der Waals surface area contributed by atoms with Gasteiger partial charge < -0.3 is 5.32 Å². The third kappa shape index (κ3) is 16.7. The summed E-state index contributed by atoms with van der Waals surface area (Å²) in [4.78, 5) is 18.7. The number of hydrogen-bond donors (Lipinski definition) is 1. The van der Waals surface area contributed by atoms with Crippen molar-refractivity contribution in [2.75, 3.05) is 18.8 Å². The smallest absolute Gasteiger partial charge is 0.225 e. The van der Waals surface area contributed by atoms with Crippen molar-refractivity contribution in [2.45, 2.75) is 64.2 Å². The Bertz CT molecular complexity index is 661. The lowest BCUT2D eigenvalue weighted by Crippen LogP contribution is -2.26. The topological polar surface area (TPSA) is 90.2 Å². The van der Waals surface area contributed by atoms with Crippen LogP contribution in [0.1, 0.15) is 64.2 Å². The molecule has 1 amide bonds. The molecule has 164 valence electrons. The number of aliphatic imine (C=N–C) groups is 1. The summed E-state index contributed by atoms with van der Waals surface area (Å²) in [6.45, 7) is 1.42. The summed E-state index contributed by atoms with van der Waals surface area (Å²) in [5.41, 5.74) is 8.18. The van der Waals surface area contributed by atoms with Gasteiger partial charge in [0.05, 0.1) is 6.54 Å². The van der Waals surface area contributed by atoms with Crippen molar-refractivity contribution >= 4 is 22.8 Å². The summed E-state index contributed by atoms with van der Waals surface area (Å²) in [6, 6.07) is 0. The molecule has 0 bridgehead atoms. The molecule has 1 heterocycles. The molecule has 0 radical (unpaired) electrons. The van der Waals surface area contributed by atoms with Gasteiger partial charge in [-0.2, -0.15) is 0 Å². The maximum atomic E-state index is 11.7. The third-order valence-corrected chi connectivity index (χ3v) is 5.17. The lowest BCUT2D eigenvalue weighted by molar-refractivity contribution is -0.119. The predicted molar refractivity (Wildman–Crippen MR) is 130 cm³/mol. The summed E-state index contributed by atoms with van der Waals surface area (Å²) in [5, 5.41) is 7.16. The molecule has 1 N–H and O–H groups in total. The molecule has 0 atom stereocenters. The van der Waals surface area contributed by atoms with E-state index >= 15 is 0 Å². The van der Waals surface area contributed by atoms with Crippen LogP contribution in [0.5, 0.6) is 0 Å². The number of amides is 1. The van der Waals surface area contributed by atoms with Crippen LogP contribution in [0.3, 0.4) is 0 Å². The molecular formula is C23H35N5OS. The van der Waals surface area contributed by atoms with E-state index in [-0.39, 0.29) is 5.91 Å². The van der Waals surface area contributed by atoms with E-state index in [2.05, 4.69) is 68.9 Å². The van der Waals surface area contributed by atoms with Gasteiger partial charge in [0.1, 0.15) is 0 Å². The normalized spacial score (nSPS) is 14.2. The van der Waals surface area contributed by atoms with Crippen LogP contribution >= 0.6 is 11.8 Å². The Hall–Kier alpha value is -2.24. The number of unbranched alkanes of at least 4 members (excludes halogenated alkanes) is 4. The predicted octanol–water partition coefficient (Wildman–Crippen LogP) is 6.64. The molecule has 0 aromatic heterocycles. The largest absolute Gasteiger partial charge is 0.305 e. The molecule has 0 spiro atoms. The number of hydrogen-bond acceptors (Lipinski definition) is 4. The lowest BCUT2D eigenvalue weighted by Gasteiger charge is -2.02. The first kappa shape index (κ1) is 25.8. The van der Waals surface area contributed by atoms with Gasteiger partial charge in [0.15, 0.2) is 5.17 Å². The zero-order valence-electron chi connectivity index (χ0n) is 17.9. The fraction of sp³-hybridized carbons (Fsp3) is 0.565. The number of rotatable bonds is 16. The van der Waals surface area contributed by atoms with Gasteiger partial charge in [-0.1, -0.05) is 71.9 Å². The third-order valence-electron chi connectivity index (χ3n) is 4.28. The number of carbonyl (C=O) groups is 1. The fourth-order valence-electron chi connectivity index (χ4n) is 2.69. The molecule has 0 saturated carbocycles. The molecule has 0 aliphatic carbocycles. The van der Waals surface area contributed by atoms with Crippen LogP contribution in [0.25, 0.3) is 10.4 Å². The van der Waals surface area contributed by atoms with Crippen LogP contribution < -0.4 is 5.32 Å². The van der Waals surface area contributed by atoms with E-state index in [4.69, 9.17) is 5.53 Å². The number of nitrogens with zero attached hydrogens (tertiary/aromatic N) is 4. The molecule has 0 aromatic rings. The second-order valence-corrected chi connectivity index (χ2v) is 7.96. The molecule has 1 aliphatic heterocycles. The second kappa shape index (κ2) is 20.0. The van der Waals surface area contributed by atoms with Gasteiger partial charge in [0, 0.05) is 23.6 Å². The fourth-order valence-corrected chi connectivity index (χ4v) is 3.43. The summed E-state index contributed by atoms with van der Waals surface area (Å²) in [6.07, 6.45) is 27.0. The van der Waals surface area contributed by atoms with Crippen molar-refractivity contribution in [1.29, 1.82) is 0 Å². The quantitative estimate of drug-likeness (QED) is 0.0979. The van der Waals surface area contributed by atoms with E-state index in [1.54, 1.807) is 11.8 Å². The van der Waals surface area contributed by atoms with Crippen molar-refractivity contribution in [3.63, 3.8) is 0 Å². The number of azide groups is 1. The van der Waals surface area contributed by atoms with Gasteiger partial charge in [-0.05, 0) is 56.9 Å². The molecule has 0 fully saturated rings. The van der Waals surface area contributed by atoms with Crippen LogP contribution in [-0.2, 0) is 4.79 Å².